The second-order valence-electron chi connectivity index (χ2n) is 23.8. The summed E-state index contributed by atoms with van der Waals surface area (Å²) in [7, 11) is 0. The number of rotatable bonds is 65. The van der Waals surface area contributed by atoms with E-state index < -0.39 is 6.10 Å². The smallest absolute Gasteiger partial charge is 0.306 e. The van der Waals surface area contributed by atoms with Crippen LogP contribution in [0.25, 0.3) is 0 Å². The van der Waals surface area contributed by atoms with Crippen molar-refractivity contribution in [3.8, 4) is 0 Å². The maximum Gasteiger partial charge on any atom is 0.306 e. The van der Waals surface area contributed by atoms with Crippen molar-refractivity contribution in [1.29, 1.82) is 0 Å². The van der Waals surface area contributed by atoms with Gasteiger partial charge in [-0.1, -0.05) is 330 Å². The van der Waals surface area contributed by atoms with E-state index in [1.165, 1.54) is 212 Å². The van der Waals surface area contributed by atoms with Gasteiger partial charge in [0.15, 0.2) is 6.10 Å². The zero-order valence-corrected chi connectivity index (χ0v) is 54.9. The molecule has 83 heavy (non-hydrogen) atoms. The number of carbonyl (C=O) groups is 3. The summed E-state index contributed by atoms with van der Waals surface area (Å²) >= 11 is 0. The van der Waals surface area contributed by atoms with Gasteiger partial charge in [0.2, 0.25) is 0 Å². The Balaban J connectivity index is 4.07. The standard InChI is InChI=1S/C77H134O6/c1-4-7-10-13-16-18-20-22-24-26-28-30-32-34-35-36-37-38-39-40-41-43-44-46-48-50-52-54-56-58-61-64-67-70-76(79)82-73-74(72-81-75(78)69-66-63-60-15-12-9-6-3)83-77(80)71-68-65-62-59-57-55-53-51-49-47-45-42-33-31-29-27-25-23-21-19-17-14-11-8-5-2/h7,10,16,18,22,24,27-30,34-35,37-38,40-41,74H,4-6,8-9,11-15,17,19-21,23,25-26,31-33,36,39,42-73H2,1-3H3/b10-7-,18-16-,24-22-,29-27-,30-28-,35-34-,38-37-,41-40-. The van der Waals surface area contributed by atoms with E-state index in [9.17, 15) is 14.4 Å². The molecule has 478 valence electrons. The molecular weight excluding hydrogens is 1020 g/mol. The molecule has 1 atom stereocenters. The van der Waals surface area contributed by atoms with Crippen molar-refractivity contribution < 1.29 is 28.6 Å². The predicted octanol–water partition coefficient (Wildman–Crippen LogP) is 24.8. The quantitative estimate of drug-likeness (QED) is 0.0261. The fourth-order valence-electron chi connectivity index (χ4n) is 10.2. The number of hydrogen-bond acceptors (Lipinski definition) is 6. The Kier molecular flexibility index (Phi) is 67.7. The van der Waals surface area contributed by atoms with Crippen LogP contribution in [0.2, 0.25) is 0 Å². The molecule has 0 bridgehead atoms. The third-order valence-corrected chi connectivity index (χ3v) is 15.6. The van der Waals surface area contributed by atoms with Crippen LogP contribution in [0.15, 0.2) is 97.2 Å². The average Bonchev–Trinajstić information content (AvgIpc) is 3.50. The largest absolute Gasteiger partial charge is 0.462 e. The summed E-state index contributed by atoms with van der Waals surface area (Å²) < 4.78 is 16.9. The van der Waals surface area contributed by atoms with Crippen molar-refractivity contribution >= 4 is 17.9 Å². The lowest BCUT2D eigenvalue weighted by Gasteiger charge is -2.18. The first-order chi connectivity index (χ1) is 41.0. The lowest BCUT2D eigenvalue weighted by molar-refractivity contribution is -0.167. The van der Waals surface area contributed by atoms with Gasteiger partial charge in [0.25, 0.3) is 0 Å². The first-order valence-electron chi connectivity index (χ1n) is 35.7. The van der Waals surface area contributed by atoms with Gasteiger partial charge in [0, 0.05) is 19.3 Å². The summed E-state index contributed by atoms with van der Waals surface area (Å²) in [5.41, 5.74) is 0. The molecule has 0 heterocycles. The van der Waals surface area contributed by atoms with Crippen molar-refractivity contribution in [1.82, 2.24) is 0 Å². The second-order valence-corrected chi connectivity index (χ2v) is 23.8. The van der Waals surface area contributed by atoms with Gasteiger partial charge >= 0.3 is 17.9 Å². The molecule has 0 spiro atoms. The number of hydrogen-bond donors (Lipinski definition) is 0. The summed E-state index contributed by atoms with van der Waals surface area (Å²) in [5, 5.41) is 0. The van der Waals surface area contributed by atoms with Crippen molar-refractivity contribution in [2.24, 2.45) is 0 Å². The predicted molar refractivity (Wildman–Crippen MR) is 362 cm³/mol. The Morgan fingerprint density at radius 3 is 0.747 bits per heavy atom. The van der Waals surface area contributed by atoms with Gasteiger partial charge < -0.3 is 14.2 Å². The zero-order valence-electron chi connectivity index (χ0n) is 54.9. The molecule has 0 aliphatic rings. The van der Waals surface area contributed by atoms with Gasteiger partial charge in [-0.25, -0.2) is 0 Å². The molecule has 0 radical (unpaired) electrons. The normalized spacial score (nSPS) is 12.7. The molecule has 0 aromatic heterocycles. The van der Waals surface area contributed by atoms with E-state index in [0.717, 1.165) is 103 Å². The van der Waals surface area contributed by atoms with Crippen molar-refractivity contribution in [2.45, 2.75) is 361 Å². The van der Waals surface area contributed by atoms with Gasteiger partial charge in [-0.3, -0.25) is 14.4 Å². The van der Waals surface area contributed by atoms with Crippen molar-refractivity contribution in [3.05, 3.63) is 97.2 Å². The molecule has 0 rings (SSSR count). The van der Waals surface area contributed by atoms with E-state index in [1.54, 1.807) is 0 Å². The van der Waals surface area contributed by atoms with Gasteiger partial charge in [-0.05, 0) is 103 Å². The highest BCUT2D eigenvalue weighted by Gasteiger charge is 2.19. The third-order valence-electron chi connectivity index (χ3n) is 15.6. The highest BCUT2D eigenvalue weighted by atomic mass is 16.6. The lowest BCUT2D eigenvalue weighted by atomic mass is 10.0. The number of unbranched alkanes of at least 4 members (excludes halogenated alkanes) is 38. The van der Waals surface area contributed by atoms with E-state index in [-0.39, 0.29) is 31.1 Å². The van der Waals surface area contributed by atoms with Crippen molar-refractivity contribution in [3.63, 3.8) is 0 Å². The first-order valence-corrected chi connectivity index (χ1v) is 35.7. The van der Waals surface area contributed by atoms with Crippen LogP contribution >= 0.6 is 0 Å². The molecule has 6 nitrogen and oxygen atoms in total. The Labute approximate surface area is 515 Å². The number of esters is 3. The Morgan fingerprint density at radius 2 is 0.470 bits per heavy atom. The van der Waals surface area contributed by atoms with Gasteiger partial charge in [-0.2, -0.15) is 0 Å². The first kappa shape index (κ1) is 79.3. The van der Waals surface area contributed by atoms with Crippen LogP contribution in [0.1, 0.15) is 355 Å². The second kappa shape index (κ2) is 70.8. The molecule has 0 aliphatic heterocycles. The molecule has 6 heteroatoms. The molecule has 0 saturated carbocycles. The van der Waals surface area contributed by atoms with E-state index in [4.69, 9.17) is 14.2 Å². The lowest BCUT2D eigenvalue weighted by Crippen LogP contribution is -2.30. The van der Waals surface area contributed by atoms with Gasteiger partial charge in [-0.15, -0.1) is 0 Å². The number of ether oxygens (including phenoxy) is 3. The maximum absolute atomic E-state index is 12.9. The van der Waals surface area contributed by atoms with E-state index in [0.29, 0.717) is 19.3 Å². The summed E-state index contributed by atoms with van der Waals surface area (Å²) in [5.74, 6) is -0.869. The van der Waals surface area contributed by atoms with Crippen LogP contribution < -0.4 is 0 Å². The van der Waals surface area contributed by atoms with Gasteiger partial charge in [0.05, 0.1) is 0 Å². The number of allylic oxidation sites excluding steroid dienone is 16. The Bertz CT molecular complexity index is 1610. The monoisotopic (exact) mass is 1160 g/mol. The fraction of sp³-hybridized carbons (Fsp3) is 0.753. The minimum absolute atomic E-state index is 0.0743. The highest BCUT2D eigenvalue weighted by molar-refractivity contribution is 5.71. The van der Waals surface area contributed by atoms with E-state index in [1.807, 2.05) is 0 Å². The molecule has 0 amide bonds. The molecule has 1 unspecified atom stereocenters. The Morgan fingerprint density at radius 1 is 0.253 bits per heavy atom. The van der Waals surface area contributed by atoms with Crippen LogP contribution in [-0.4, -0.2) is 37.2 Å². The van der Waals surface area contributed by atoms with Gasteiger partial charge in [0.1, 0.15) is 13.2 Å². The Hall–Kier alpha value is -3.67. The van der Waals surface area contributed by atoms with Crippen molar-refractivity contribution in [2.75, 3.05) is 13.2 Å². The molecule has 0 saturated heterocycles. The highest BCUT2D eigenvalue weighted by Crippen LogP contribution is 2.17. The molecule has 0 aromatic carbocycles. The minimum atomic E-state index is -0.776. The van der Waals surface area contributed by atoms with Crippen LogP contribution in [0.5, 0.6) is 0 Å². The topological polar surface area (TPSA) is 78.9 Å². The molecule has 0 aliphatic carbocycles. The van der Waals surface area contributed by atoms with E-state index >= 15 is 0 Å². The van der Waals surface area contributed by atoms with Crippen LogP contribution in [0.4, 0.5) is 0 Å². The zero-order chi connectivity index (χ0) is 59.9. The summed E-state index contributed by atoms with van der Waals surface area (Å²) in [4.78, 5) is 38.2. The fourth-order valence-corrected chi connectivity index (χ4v) is 10.2. The summed E-state index contributed by atoms with van der Waals surface area (Å²) in [6.45, 7) is 6.52. The minimum Gasteiger partial charge on any atom is -0.462 e. The van der Waals surface area contributed by atoms with E-state index in [2.05, 4.69) is 118 Å². The average molecular weight is 1160 g/mol. The third kappa shape index (κ3) is 69.0. The van der Waals surface area contributed by atoms with Crippen LogP contribution in [0.3, 0.4) is 0 Å². The van der Waals surface area contributed by atoms with Crippen LogP contribution in [0, 0.1) is 0 Å². The summed E-state index contributed by atoms with van der Waals surface area (Å²) in [6.07, 6.45) is 96.1. The molecule has 0 aromatic rings. The summed E-state index contributed by atoms with van der Waals surface area (Å²) in [6, 6.07) is 0. The molecule has 0 N–H and O–H groups in total. The maximum atomic E-state index is 12.9. The number of carbonyl (C=O) groups excluding carboxylic acids is 3. The molecular formula is C77H134O6. The molecule has 0 fully saturated rings. The van der Waals surface area contributed by atoms with Crippen LogP contribution in [-0.2, 0) is 28.6 Å². The SMILES string of the molecule is CC/C=C\C/C=C\C/C=C\C/C=C\C/C=C\C/C=C\C/C=C\CCCCCCCCCCCCCC(=O)OCC(COC(=O)CCCCCCCCC)OC(=O)CCCCCCCCCCCCCCC/C=C\CCCCCCCCCC.